The molecule has 0 aliphatic rings. The van der Waals surface area contributed by atoms with Gasteiger partial charge in [0.25, 0.3) is 5.91 Å². The van der Waals surface area contributed by atoms with Gasteiger partial charge in [0.15, 0.2) is 5.76 Å². The monoisotopic (exact) mass is 566 g/mol. The molecule has 3 aromatic carbocycles. The molecule has 9 nitrogen and oxygen atoms in total. The molecular formula is C30H34N2O7S. The SMILES string of the molecule is COc1ccc(S(=O)(=O)N(CC(C)C)C[C@@H](O)[C@H](Cc2ccccc2)NC(=O)c2cc3ccc(O)cc3o2)cc1. The lowest BCUT2D eigenvalue weighted by molar-refractivity contribution is 0.0756. The Hall–Kier alpha value is -3.86. The van der Waals surface area contributed by atoms with E-state index >= 15 is 0 Å². The molecule has 212 valence electrons. The highest BCUT2D eigenvalue weighted by molar-refractivity contribution is 7.89. The van der Waals surface area contributed by atoms with Crippen LogP contribution in [-0.2, 0) is 16.4 Å². The van der Waals surface area contributed by atoms with E-state index in [9.17, 15) is 23.4 Å². The molecule has 0 saturated heterocycles. The Morgan fingerprint density at radius 3 is 2.35 bits per heavy atom. The minimum Gasteiger partial charge on any atom is -0.508 e. The number of hydrogen-bond donors (Lipinski definition) is 3. The molecule has 0 aliphatic heterocycles. The molecule has 0 aliphatic carbocycles. The van der Waals surface area contributed by atoms with Gasteiger partial charge >= 0.3 is 0 Å². The van der Waals surface area contributed by atoms with Crippen LogP contribution in [0.5, 0.6) is 11.5 Å². The summed E-state index contributed by atoms with van der Waals surface area (Å²) in [7, 11) is -2.46. The summed E-state index contributed by atoms with van der Waals surface area (Å²) in [5, 5.41) is 24.6. The number of nitrogens with zero attached hydrogens (tertiary/aromatic N) is 1. The van der Waals surface area contributed by atoms with Gasteiger partial charge in [-0.15, -0.1) is 0 Å². The number of sulfonamides is 1. The number of hydrogen-bond acceptors (Lipinski definition) is 7. The molecule has 0 spiro atoms. The first kappa shape index (κ1) is 29.1. The van der Waals surface area contributed by atoms with Crippen molar-refractivity contribution in [2.75, 3.05) is 20.2 Å². The van der Waals surface area contributed by atoms with Crippen molar-refractivity contribution in [1.82, 2.24) is 9.62 Å². The van der Waals surface area contributed by atoms with Gasteiger partial charge in [0, 0.05) is 24.5 Å². The van der Waals surface area contributed by atoms with E-state index in [-0.39, 0.29) is 41.8 Å². The highest BCUT2D eigenvalue weighted by Gasteiger charge is 2.32. The molecule has 0 radical (unpaired) electrons. The molecule has 0 fully saturated rings. The van der Waals surface area contributed by atoms with Crippen LogP contribution in [0.15, 0.2) is 88.2 Å². The van der Waals surface area contributed by atoms with Crippen LogP contribution in [0.1, 0.15) is 30.0 Å². The van der Waals surface area contributed by atoms with Crippen molar-refractivity contribution < 1.29 is 32.6 Å². The van der Waals surface area contributed by atoms with E-state index in [0.29, 0.717) is 16.7 Å². The summed E-state index contributed by atoms with van der Waals surface area (Å²) in [6, 6.07) is 20.6. The zero-order valence-corrected chi connectivity index (χ0v) is 23.5. The number of carbonyl (C=O) groups excluding carboxylic acids is 1. The maximum atomic E-state index is 13.6. The standard InChI is InChI=1S/C30H34N2O7S/c1-20(2)18-32(40(36,37)25-13-11-24(38-3)12-14-25)19-27(34)26(15-21-7-5-4-6-8-21)31-30(35)29-16-22-9-10-23(33)17-28(22)39-29/h4-14,16-17,20,26-27,33-34H,15,18-19H2,1-3H3,(H,31,35)/t26-,27+/m0/s1. The molecule has 1 heterocycles. The molecule has 10 heteroatoms. The number of methoxy groups -OCH3 is 1. The number of phenolic OH excluding ortho intramolecular Hbond substituents is 1. The number of ether oxygens (including phenoxy) is 1. The summed E-state index contributed by atoms with van der Waals surface area (Å²) in [6.07, 6.45) is -0.989. The third kappa shape index (κ3) is 7.01. The molecule has 2 atom stereocenters. The van der Waals surface area contributed by atoms with Crippen LogP contribution in [0.2, 0.25) is 0 Å². The Kier molecular flexibility index (Phi) is 9.14. The van der Waals surface area contributed by atoms with E-state index in [2.05, 4.69) is 5.32 Å². The molecule has 0 saturated carbocycles. The van der Waals surface area contributed by atoms with Crippen molar-refractivity contribution in [1.29, 1.82) is 0 Å². The Labute approximate surface area is 234 Å². The van der Waals surface area contributed by atoms with Crippen molar-refractivity contribution in [3.05, 3.63) is 90.2 Å². The molecule has 3 N–H and O–H groups in total. The highest BCUT2D eigenvalue weighted by Crippen LogP contribution is 2.25. The second-order valence-electron chi connectivity index (χ2n) is 10.1. The fourth-order valence-corrected chi connectivity index (χ4v) is 6.05. The van der Waals surface area contributed by atoms with Crippen LogP contribution < -0.4 is 10.1 Å². The maximum absolute atomic E-state index is 13.6. The third-order valence-electron chi connectivity index (χ3n) is 6.46. The van der Waals surface area contributed by atoms with E-state index in [4.69, 9.17) is 9.15 Å². The van der Waals surface area contributed by atoms with Gasteiger partial charge in [0.05, 0.1) is 24.2 Å². The van der Waals surface area contributed by atoms with Crippen molar-refractivity contribution in [3.63, 3.8) is 0 Å². The minimum absolute atomic E-state index is 0.00879. The van der Waals surface area contributed by atoms with E-state index in [0.717, 1.165) is 5.56 Å². The summed E-state index contributed by atoms with van der Waals surface area (Å²) >= 11 is 0. The zero-order chi connectivity index (χ0) is 28.9. The van der Waals surface area contributed by atoms with Crippen molar-refractivity contribution in [2.24, 2.45) is 5.92 Å². The van der Waals surface area contributed by atoms with Crippen LogP contribution in [-0.4, -0.2) is 61.2 Å². The number of fused-ring (bicyclic) bond motifs is 1. The fourth-order valence-electron chi connectivity index (χ4n) is 4.43. The number of carbonyl (C=O) groups is 1. The zero-order valence-electron chi connectivity index (χ0n) is 22.7. The third-order valence-corrected chi connectivity index (χ3v) is 8.31. The van der Waals surface area contributed by atoms with Crippen LogP contribution in [0.3, 0.4) is 0 Å². The van der Waals surface area contributed by atoms with Crippen molar-refractivity contribution >= 4 is 26.9 Å². The number of aliphatic hydroxyl groups is 1. The highest BCUT2D eigenvalue weighted by atomic mass is 32.2. The second kappa shape index (κ2) is 12.5. The summed E-state index contributed by atoms with van der Waals surface area (Å²) in [5.74, 6) is -0.0375. The molecule has 4 rings (SSSR count). The van der Waals surface area contributed by atoms with E-state index in [1.54, 1.807) is 24.3 Å². The number of amides is 1. The number of rotatable bonds is 12. The van der Waals surface area contributed by atoms with Gasteiger partial charge in [-0.25, -0.2) is 8.42 Å². The topological polar surface area (TPSA) is 129 Å². The van der Waals surface area contributed by atoms with Gasteiger partial charge in [0.1, 0.15) is 17.1 Å². The number of nitrogens with one attached hydrogen (secondary N) is 1. The number of furan rings is 1. The maximum Gasteiger partial charge on any atom is 0.287 e. The van der Waals surface area contributed by atoms with Crippen molar-refractivity contribution in [3.8, 4) is 11.5 Å². The molecule has 4 aromatic rings. The Balaban J connectivity index is 1.60. The average Bonchev–Trinajstić information content (AvgIpc) is 3.36. The fraction of sp³-hybridized carbons (Fsp3) is 0.300. The van der Waals surface area contributed by atoms with E-state index in [1.165, 1.54) is 35.7 Å². The number of phenols is 1. The number of aliphatic hydroxyl groups excluding tert-OH is 1. The van der Waals surface area contributed by atoms with E-state index < -0.39 is 28.1 Å². The Morgan fingerprint density at radius 2 is 1.70 bits per heavy atom. The first-order chi connectivity index (χ1) is 19.1. The van der Waals surface area contributed by atoms with Gasteiger partial charge in [-0.1, -0.05) is 44.2 Å². The van der Waals surface area contributed by atoms with Gasteiger partial charge in [0.2, 0.25) is 10.0 Å². The minimum atomic E-state index is -3.96. The van der Waals surface area contributed by atoms with Crippen LogP contribution in [0.4, 0.5) is 0 Å². The smallest absolute Gasteiger partial charge is 0.287 e. The van der Waals surface area contributed by atoms with Crippen LogP contribution in [0, 0.1) is 5.92 Å². The lowest BCUT2D eigenvalue weighted by atomic mass is 10.0. The predicted octanol–water partition coefficient (Wildman–Crippen LogP) is 4.20. The number of benzene rings is 3. The Morgan fingerprint density at radius 1 is 1.00 bits per heavy atom. The lowest BCUT2D eigenvalue weighted by Crippen LogP contribution is -2.51. The van der Waals surface area contributed by atoms with Crippen molar-refractivity contribution in [2.45, 2.75) is 37.3 Å². The lowest BCUT2D eigenvalue weighted by Gasteiger charge is -2.30. The average molecular weight is 567 g/mol. The molecule has 40 heavy (non-hydrogen) atoms. The summed E-state index contributed by atoms with van der Waals surface area (Å²) in [6.45, 7) is 3.72. The molecule has 0 bridgehead atoms. The molecular weight excluding hydrogens is 532 g/mol. The second-order valence-corrected chi connectivity index (χ2v) is 12.0. The van der Waals surface area contributed by atoms with Gasteiger partial charge in [-0.05, 0) is 60.4 Å². The Bertz CT molecular complexity index is 1530. The molecule has 0 unspecified atom stereocenters. The first-order valence-electron chi connectivity index (χ1n) is 13.0. The predicted molar refractivity (Wildman–Crippen MR) is 152 cm³/mol. The summed E-state index contributed by atoms with van der Waals surface area (Å²) in [4.78, 5) is 13.3. The van der Waals surface area contributed by atoms with Gasteiger partial charge in [-0.3, -0.25) is 4.79 Å². The largest absolute Gasteiger partial charge is 0.508 e. The van der Waals surface area contributed by atoms with Gasteiger partial charge in [-0.2, -0.15) is 4.31 Å². The van der Waals surface area contributed by atoms with Crippen LogP contribution >= 0.6 is 0 Å². The quantitative estimate of drug-likeness (QED) is 0.234. The van der Waals surface area contributed by atoms with E-state index in [1.807, 2.05) is 44.2 Å². The number of aromatic hydroxyl groups is 1. The normalized spacial score (nSPS) is 13.4. The van der Waals surface area contributed by atoms with Crippen LogP contribution in [0.25, 0.3) is 11.0 Å². The van der Waals surface area contributed by atoms with Gasteiger partial charge < -0.3 is 24.7 Å². The summed E-state index contributed by atoms with van der Waals surface area (Å²) in [5.41, 5.74) is 1.20. The molecule has 1 aromatic heterocycles. The summed E-state index contributed by atoms with van der Waals surface area (Å²) < 4.78 is 39.2. The first-order valence-corrected chi connectivity index (χ1v) is 14.4. The molecule has 1 amide bonds.